The maximum Gasteiger partial charge on any atom is 0.221 e. The largest absolute Gasteiger partial charge is 0.355 e. The lowest BCUT2D eigenvalue weighted by Gasteiger charge is -2.27. The van der Waals surface area contributed by atoms with Crippen LogP contribution < -0.4 is 10.2 Å². The lowest BCUT2D eigenvalue weighted by Crippen LogP contribution is -2.36. The molecule has 6 heteroatoms. The molecule has 5 nitrogen and oxygen atoms in total. The summed E-state index contributed by atoms with van der Waals surface area (Å²) in [5.41, 5.74) is 0.929. The number of hydrogen-bond donors (Lipinski definition) is 1. The van der Waals surface area contributed by atoms with Gasteiger partial charge >= 0.3 is 0 Å². The number of para-hydroxylation sites is 1. The van der Waals surface area contributed by atoms with Crippen molar-refractivity contribution in [1.29, 1.82) is 0 Å². The molecule has 0 fully saturated rings. The number of hydrogen-bond acceptors (Lipinski definition) is 5. The van der Waals surface area contributed by atoms with E-state index < -0.39 is 0 Å². The first-order valence-electron chi connectivity index (χ1n) is 10.3. The van der Waals surface area contributed by atoms with Crippen molar-refractivity contribution in [3.05, 3.63) is 41.8 Å². The van der Waals surface area contributed by atoms with E-state index in [1.54, 1.807) is 11.3 Å². The fourth-order valence-corrected chi connectivity index (χ4v) is 3.88. The van der Waals surface area contributed by atoms with Crippen LogP contribution in [0.1, 0.15) is 40.5 Å². The van der Waals surface area contributed by atoms with Crippen molar-refractivity contribution in [3.8, 4) is 10.7 Å². The van der Waals surface area contributed by atoms with E-state index in [2.05, 4.69) is 37.1 Å². The Morgan fingerprint density at radius 2 is 1.93 bits per heavy atom. The number of carbonyl (C=O) groups excluding carboxylic acids is 1. The van der Waals surface area contributed by atoms with Crippen molar-refractivity contribution in [1.82, 2.24) is 15.3 Å². The fraction of sp³-hybridized carbons (Fsp3) is 0.435. The number of anilines is 1. The molecule has 0 spiro atoms. The lowest BCUT2D eigenvalue weighted by atomic mass is 10.1. The highest BCUT2D eigenvalue weighted by Crippen LogP contribution is 2.30. The molecule has 1 unspecified atom stereocenters. The van der Waals surface area contributed by atoms with E-state index in [9.17, 15) is 4.79 Å². The van der Waals surface area contributed by atoms with Crippen LogP contribution in [0.25, 0.3) is 21.6 Å². The summed E-state index contributed by atoms with van der Waals surface area (Å²) in [6.07, 6.45) is 1.38. The van der Waals surface area contributed by atoms with Crippen LogP contribution >= 0.6 is 11.3 Å². The van der Waals surface area contributed by atoms with Gasteiger partial charge < -0.3 is 10.2 Å². The fourth-order valence-electron chi connectivity index (χ4n) is 3.23. The van der Waals surface area contributed by atoms with E-state index in [0.29, 0.717) is 18.9 Å². The molecule has 3 aromatic rings. The van der Waals surface area contributed by atoms with E-state index in [1.165, 1.54) is 0 Å². The highest BCUT2D eigenvalue weighted by Gasteiger charge is 2.18. The van der Waals surface area contributed by atoms with Crippen LogP contribution in [-0.2, 0) is 4.79 Å². The highest BCUT2D eigenvalue weighted by molar-refractivity contribution is 7.13. The average Bonchev–Trinajstić information content (AvgIpc) is 3.25. The molecule has 2 heterocycles. The van der Waals surface area contributed by atoms with E-state index in [-0.39, 0.29) is 11.9 Å². The van der Waals surface area contributed by atoms with E-state index in [4.69, 9.17) is 9.97 Å². The first-order valence-corrected chi connectivity index (χ1v) is 11.2. The molecule has 0 saturated carbocycles. The van der Waals surface area contributed by atoms with Crippen LogP contribution in [0.15, 0.2) is 41.8 Å². The van der Waals surface area contributed by atoms with Gasteiger partial charge in [-0.3, -0.25) is 4.79 Å². The number of carbonyl (C=O) groups is 1. The van der Waals surface area contributed by atoms with Crippen LogP contribution in [0.2, 0.25) is 0 Å². The molecule has 0 aliphatic rings. The van der Waals surface area contributed by atoms with Gasteiger partial charge in [-0.05, 0) is 42.8 Å². The molecule has 0 saturated heterocycles. The van der Waals surface area contributed by atoms with E-state index in [1.807, 2.05) is 42.6 Å². The molecule has 1 amide bonds. The van der Waals surface area contributed by atoms with Gasteiger partial charge in [-0.1, -0.05) is 39.0 Å². The molecular formula is C23H30N4OS. The molecule has 0 aliphatic carbocycles. The van der Waals surface area contributed by atoms with Crippen LogP contribution in [0.3, 0.4) is 0 Å². The molecule has 0 bridgehead atoms. The van der Waals surface area contributed by atoms with E-state index >= 15 is 0 Å². The second-order valence-corrected chi connectivity index (χ2v) is 8.78. The highest BCUT2D eigenvalue weighted by atomic mass is 32.1. The smallest absolute Gasteiger partial charge is 0.221 e. The first kappa shape index (κ1) is 21.2. The van der Waals surface area contributed by atoms with E-state index in [0.717, 1.165) is 40.4 Å². The van der Waals surface area contributed by atoms with Crippen molar-refractivity contribution in [2.75, 3.05) is 18.0 Å². The zero-order valence-corrected chi connectivity index (χ0v) is 18.5. The van der Waals surface area contributed by atoms with Gasteiger partial charge in [-0.25, -0.2) is 9.97 Å². The Morgan fingerprint density at radius 1 is 1.14 bits per heavy atom. The minimum Gasteiger partial charge on any atom is -0.355 e. The number of aromatic nitrogens is 2. The van der Waals surface area contributed by atoms with Crippen LogP contribution in [0.4, 0.5) is 5.82 Å². The molecule has 1 aromatic carbocycles. The van der Waals surface area contributed by atoms with Gasteiger partial charge in [-0.15, -0.1) is 11.3 Å². The molecule has 1 atom stereocenters. The second-order valence-electron chi connectivity index (χ2n) is 7.83. The van der Waals surface area contributed by atoms with Gasteiger partial charge in [0.1, 0.15) is 5.82 Å². The zero-order chi connectivity index (χ0) is 20.8. The second kappa shape index (κ2) is 9.83. The van der Waals surface area contributed by atoms with Gasteiger partial charge in [0, 0.05) is 30.9 Å². The normalized spacial score (nSPS) is 12.3. The summed E-state index contributed by atoms with van der Waals surface area (Å²) in [6, 6.07) is 12.4. The van der Waals surface area contributed by atoms with Crippen molar-refractivity contribution < 1.29 is 4.79 Å². The quantitative estimate of drug-likeness (QED) is 0.531. The predicted octanol–water partition coefficient (Wildman–Crippen LogP) is 5.13. The molecule has 154 valence electrons. The topological polar surface area (TPSA) is 58.1 Å². The Morgan fingerprint density at radius 3 is 2.62 bits per heavy atom. The van der Waals surface area contributed by atoms with Crippen molar-refractivity contribution in [2.24, 2.45) is 5.92 Å². The summed E-state index contributed by atoms with van der Waals surface area (Å²) in [5.74, 6) is 2.19. The molecule has 1 N–H and O–H groups in total. The van der Waals surface area contributed by atoms with Gasteiger partial charge in [0.2, 0.25) is 5.91 Å². The standard InChI is InChI=1S/C23H30N4OS/c1-5-17(4)24-21(28)12-13-27(15-16(2)3)23-18-9-6-7-10-19(18)25-22(26-23)20-11-8-14-29-20/h6-11,14,16-17H,5,12-13,15H2,1-4H3,(H,24,28). The SMILES string of the molecule is CCC(C)NC(=O)CCN(CC(C)C)c1nc(-c2cccs2)nc2ccccc12. The predicted molar refractivity (Wildman–Crippen MR) is 122 cm³/mol. The van der Waals surface area contributed by atoms with Crippen molar-refractivity contribution in [2.45, 2.75) is 46.6 Å². The lowest BCUT2D eigenvalue weighted by molar-refractivity contribution is -0.121. The summed E-state index contributed by atoms with van der Waals surface area (Å²) < 4.78 is 0. The third-order valence-corrected chi connectivity index (χ3v) is 5.70. The summed E-state index contributed by atoms with van der Waals surface area (Å²) in [7, 11) is 0. The molecule has 3 rings (SSSR count). The Balaban J connectivity index is 1.95. The molecular weight excluding hydrogens is 380 g/mol. The third-order valence-electron chi connectivity index (χ3n) is 4.84. The van der Waals surface area contributed by atoms with Crippen molar-refractivity contribution >= 4 is 34.0 Å². The average molecular weight is 411 g/mol. The van der Waals surface area contributed by atoms with Gasteiger partial charge in [0.25, 0.3) is 0 Å². The maximum absolute atomic E-state index is 12.4. The number of thiophene rings is 1. The number of nitrogens with zero attached hydrogens (tertiary/aromatic N) is 3. The van der Waals surface area contributed by atoms with Gasteiger partial charge in [0.05, 0.1) is 10.4 Å². The summed E-state index contributed by atoms with van der Waals surface area (Å²) in [4.78, 5) is 25.4. The summed E-state index contributed by atoms with van der Waals surface area (Å²) >= 11 is 1.64. The Hall–Kier alpha value is -2.47. The first-order chi connectivity index (χ1) is 14.0. The Bertz CT molecular complexity index is 939. The number of rotatable bonds is 9. The third kappa shape index (κ3) is 5.54. The minimum atomic E-state index is 0.0879. The monoisotopic (exact) mass is 410 g/mol. The summed E-state index contributed by atoms with van der Waals surface area (Å²) in [5, 5.41) is 6.13. The minimum absolute atomic E-state index is 0.0879. The van der Waals surface area contributed by atoms with Crippen LogP contribution in [0.5, 0.6) is 0 Å². The van der Waals surface area contributed by atoms with Gasteiger partial charge in [-0.2, -0.15) is 0 Å². The Kier molecular flexibility index (Phi) is 7.20. The number of fused-ring (bicyclic) bond motifs is 1. The number of benzene rings is 1. The Labute approximate surface area is 177 Å². The van der Waals surface area contributed by atoms with Crippen molar-refractivity contribution in [3.63, 3.8) is 0 Å². The number of nitrogens with one attached hydrogen (secondary N) is 1. The molecule has 29 heavy (non-hydrogen) atoms. The molecule has 0 radical (unpaired) electrons. The molecule has 2 aromatic heterocycles. The number of amides is 1. The van der Waals surface area contributed by atoms with Crippen LogP contribution in [0, 0.1) is 5.92 Å². The maximum atomic E-state index is 12.4. The molecule has 0 aliphatic heterocycles. The summed E-state index contributed by atoms with van der Waals surface area (Å²) in [6.45, 7) is 9.96. The zero-order valence-electron chi connectivity index (χ0n) is 17.7. The van der Waals surface area contributed by atoms with Crippen LogP contribution in [-0.4, -0.2) is 35.0 Å². The van der Waals surface area contributed by atoms with Gasteiger partial charge in [0.15, 0.2) is 5.82 Å².